The lowest BCUT2D eigenvalue weighted by Crippen LogP contribution is -2.30. The van der Waals surface area contributed by atoms with Crippen LogP contribution >= 0.6 is 11.3 Å². The van der Waals surface area contributed by atoms with Crippen LogP contribution in [0.5, 0.6) is 5.75 Å². The fraction of sp³-hybridized carbons (Fsp3) is 0.167. The van der Waals surface area contributed by atoms with Crippen LogP contribution in [0.4, 0.5) is 9.52 Å². The fourth-order valence-electron chi connectivity index (χ4n) is 2.06. The molecule has 5 nitrogen and oxygen atoms in total. The van der Waals surface area contributed by atoms with Crippen molar-refractivity contribution in [2.75, 3.05) is 5.32 Å². The molecule has 0 saturated heterocycles. The molecular formula is C18H16FN3O2S. The molecule has 0 bridgehead atoms. The normalized spacial score (nSPS) is 11.8. The average molecular weight is 357 g/mol. The van der Waals surface area contributed by atoms with Crippen LogP contribution in [0.25, 0.3) is 10.6 Å². The highest BCUT2D eigenvalue weighted by Crippen LogP contribution is 2.26. The van der Waals surface area contributed by atoms with Crippen LogP contribution in [0.2, 0.25) is 0 Å². The number of halogens is 1. The molecule has 3 rings (SSSR count). The smallest absolute Gasteiger partial charge is 0.266 e. The van der Waals surface area contributed by atoms with Crippen molar-refractivity contribution in [3.05, 3.63) is 59.9 Å². The van der Waals surface area contributed by atoms with Gasteiger partial charge in [0.1, 0.15) is 16.6 Å². The van der Waals surface area contributed by atoms with Crippen LogP contribution in [0, 0.1) is 12.7 Å². The predicted molar refractivity (Wildman–Crippen MR) is 95.2 cm³/mol. The number of nitrogens with zero attached hydrogens (tertiary/aromatic N) is 2. The van der Waals surface area contributed by atoms with Gasteiger partial charge < -0.3 is 4.74 Å². The van der Waals surface area contributed by atoms with Gasteiger partial charge in [-0.15, -0.1) is 10.2 Å². The van der Waals surface area contributed by atoms with Crippen LogP contribution in [0.3, 0.4) is 0 Å². The van der Waals surface area contributed by atoms with Crippen molar-refractivity contribution in [1.82, 2.24) is 10.2 Å². The van der Waals surface area contributed by atoms with Crippen LogP contribution in [0.15, 0.2) is 48.5 Å². The zero-order chi connectivity index (χ0) is 17.8. The minimum Gasteiger partial charge on any atom is -0.481 e. The molecule has 1 amide bonds. The summed E-state index contributed by atoms with van der Waals surface area (Å²) in [5.41, 5.74) is 2.10. The molecule has 0 saturated carbocycles. The van der Waals surface area contributed by atoms with E-state index in [0.29, 0.717) is 10.9 Å². The third-order valence-corrected chi connectivity index (χ3v) is 4.34. The van der Waals surface area contributed by atoms with E-state index in [9.17, 15) is 9.18 Å². The largest absolute Gasteiger partial charge is 0.481 e. The number of amides is 1. The molecule has 2 aromatic carbocycles. The van der Waals surface area contributed by atoms with Crippen LogP contribution in [0.1, 0.15) is 12.5 Å². The number of hydrogen-bond acceptors (Lipinski definition) is 5. The van der Waals surface area contributed by atoms with Gasteiger partial charge in [0.15, 0.2) is 6.10 Å². The zero-order valence-electron chi connectivity index (χ0n) is 13.7. The van der Waals surface area contributed by atoms with Crippen molar-refractivity contribution < 1.29 is 13.9 Å². The third-order valence-electron chi connectivity index (χ3n) is 3.45. The van der Waals surface area contributed by atoms with Gasteiger partial charge in [-0.25, -0.2) is 4.39 Å². The van der Waals surface area contributed by atoms with Crippen LogP contribution in [-0.2, 0) is 4.79 Å². The summed E-state index contributed by atoms with van der Waals surface area (Å²) in [4.78, 5) is 12.2. The summed E-state index contributed by atoms with van der Waals surface area (Å²) in [5, 5.41) is 11.9. The molecule has 0 spiro atoms. The first kappa shape index (κ1) is 17.0. The molecule has 0 radical (unpaired) electrons. The van der Waals surface area contributed by atoms with Gasteiger partial charge in [0.05, 0.1) is 0 Å². The number of nitrogens with one attached hydrogen (secondary N) is 1. The molecule has 3 aromatic rings. The Labute approximate surface area is 148 Å². The predicted octanol–water partition coefficient (Wildman–Crippen LogP) is 4.06. The van der Waals surface area contributed by atoms with Gasteiger partial charge in [-0.05, 0) is 38.1 Å². The molecule has 1 heterocycles. The fourth-order valence-corrected chi connectivity index (χ4v) is 2.82. The number of benzene rings is 2. The van der Waals surface area contributed by atoms with Crippen molar-refractivity contribution in [2.45, 2.75) is 20.0 Å². The summed E-state index contributed by atoms with van der Waals surface area (Å²) in [7, 11) is 0. The van der Waals surface area contributed by atoms with Gasteiger partial charge in [0.2, 0.25) is 5.13 Å². The van der Waals surface area contributed by atoms with Crippen molar-refractivity contribution in [3.63, 3.8) is 0 Å². The molecule has 1 aromatic heterocycles. The van der Waals surface area contributed by atoms with E-state index in [0.717, 1.165) is 16.1 Å². The van der Waals surface area contributed by atoms with Gasteiger partial charge in [0.25, 0.3) is 5.91 Å². The van der Waals surface area contributed by atoms with Gasteiger partial charge in [-0.3, -0.25) is 10.1 Å². The Morgan fingerprint density at radius 3 is 2.48 bits per heavy atom. The lowest BCUT2D eigenvalue weighted by molar-refractivity contribution is -0.122. The first-order valence-corrected chi connectivity index (χ1v) is 8.46. The lowest BCUT2D eigenvalue weighted by atomic mass is 10.2. The van der Waals surface area contributed by atoms with Gasteiger partial charge in [-0.2, -0.15) is 0 Å². The average Bonchev–Trinajstić information content (AvgIpc) is 3.06. The Hall–Kier alpha value is -2.80. The first-order chi connectivity index (χ1) is 12.0. The van der Waals surface area contributed by atoms with Gasteiger partial charge >= 0.3 is 0 Å². The van der Waals surface area contributed by atoms with E-state index in [4.69, 9.17) is 4.74 Å². The molecular weight excluding hydrogens is 341 g/mol. The maximum absolute atomic E-state index is 12.9. The number of rotatable bonds is 5. The van der Waals surface area contributed by atoms with E-state index in [1.165, 1.54) is 35.6 Å². The highest BCUT2D eigenvalue weighted by molar-refractivity contribution is 7.18. The Morgan fingerprint density at radius 1 is 1.12 bits per heavy atom. The number of carbonyl (C=O) groups excluding carboxylic acids is 1. The summed E-state index contributed by atoms with van der Waals surface area (Å²) >= 11 is 1.29. The summed E-state index contributed by atoms with van der Waals surface area (Å²) in [6.07, 6.45) is -0.753. The van der Waals surface area contributed by atoms with E-state index < -0.39 is 6.10 Å². The number of carbonyl (C=O) groups is 1. The Bertz CT molecular complexity index is 863. The zero-order valence-corrected chi connectivity index (χ0v) is 14.5. The van der Waals surface area contributed by atoms with Gasteiger partial charge in [0, 0.05) is 5.56 Å². The van der Waals surface area contributed by atoms with E-state index in [2.05, 4.69) is 15.5 Å². The molecule has 1 atom stereocenters. The molecule has 0 unspecified atom stereocenters. The van der Waals surface area contributed by atoms with Gasteiger partial charge in [-0.1, -0.05) is 41.2 Å². The molecule has 1 N–H and O–H groups in total. The lowest BCUT2D eigenvalue weighted by Gasteiger charge is -2.13. The monoisotopic (exact) mass is 357 g/mol. The molecule has 0 fully saturated rings. The van der Waals surface area contributed by atoms with E-state index in [-0.39, 0.29) is 11.7 Å². The minimum absolute atomic E-state index is 0.351. The number of anilines is 1. The Morgan fingerprint density at radius 2 is 1.80 bits per heavy atom. The maximum Gasteiger partial charge on any atom is 0.266 e. The second-order valence-electron chi connectivity index (χ2n) is 5.48. The quantitative estimate of drug-likeness (QED) is 0.748. The van der Waals surface area contributed by atoms with Crippen molar-refractivity contribution >= 4 is 22.4 Å². The van der Waals surface area contributed by atoms with Crippen molar-refractivity contribution in [2.24, 2.45) is 0 Å². The van der Waals surface area contributed by atoms with Crippen LogP contribution in [-0.4, -0.2) is 22.2 Å². The SMILES string of the molecule is Cc1ccc(-c2nnc(NC(=O)[C@@H](C)Oc3ccc(F)cc3)s2)cc1. The molecule has 128 valence electrons. The number of hydrogen-bond donors (Lipinski definition) is 1. The van der Waals surface area contributed by atoms with Crippen molar-refractivity contribution in [3.8, 4) is 16.3 Å². The van der Waals surface area contributed by atoms with Crippen LogP contribution < -0.4 is 10.1 Å². The second-order valence-corrected chi connectivity index (χ2v) is 6.46. The highest BCUT2D eigenvalue weighted by Gasteiger charge is 2.17. The number of aromatic nitrogens is 2. The van der Waals surface area contributed by atoms with E-state index in [1.807, 2.05) is 31.2 Å². The summed E-state index contributed by atoms with van der Waals surface area (Å²) in [5.74, 6) is -0.292. The molecule has 7 heteroatoms. The molecule has 0 aliphatic carbocycles. The van der Waals surface area contributed by atoms with E-state index >= 15 is 0 Å². The van der Waals surface area contributed by atoms with E-state index in [1.54, 1.807) is 6.92 Å². The third kappa shape index (κ3) is 4.39. The first-order valence-electron chi connectivity index (χ1n) is 7.65. The van der Waals surface area contributed by atoms with Crippen molar-refractivity contribution in [1.29, 1.82) is 0 Å². The molecule has 0 aliphatic rings. The standard InChI is InChI=1S/C18H16FN3O2S/c1-11-3-5-13(6-4-11)17-21-22-18(25-17)20-16(23)12(2)24-15-9-7-14(19)8-10-15/h3-10,12H,1-2H3,(H,20,22,23)/t12-/m1/s1. The Kier molecular flexibility index (Phi) is 5.04. The molecule has 25 heavy (non-hydrogen) atoms. The Balaban J connectivity index is 1.62. The second kappa shape index (κ2) is 7.40. The minimum atomic E-state index is -0.753. The summed E-state index contributed by atoms with van der Waals surface area (Å²) < 4.78 is 18.4. The topological polar surface area (TPSA) is 64.1 Å². The highest BCUT2D eigenvalue weighted by atomic mass is 32.1. The maximum atomic E-state index is 12.9. The number of aryl methyl sites for hydroxylation is 1. The summed E-state index contributed by atoms with van der Waals surface area (Å²) in [6.45, 7) is 3.62. The summed E-state index contributed by atoms with van der Waals surface area (Å²) in [6, 6.07) is 13.4. The number of ether oxygens (including phenoxy) is 1. The molecule has 0 aliphatic heterocycles.